The lowest BCUT2D eigenvalue weighted by Crippen LogP contribution is -2.23. The fourth-order valence-corrected chi connectivity index (χ4v) is 1.68. The molecule has 0 radical (unpaired) electrons. The summed E-state index contributed by atoms with van der Waals surface area (Å²) in [4.78, 5) is 16.6. The van der Waals surface area contributed by atoms with Gasteiger partial charge < -0.3 is 4.57 Å². The van der Waals surface area contributed by atoms with Gasteiger partial charge in [0.25, 0.3) is 0 Å². The average Bonchev–Trinajstić information content (AvgIpc) is 2.54. The molecule has 3 nitrogen and oxygen atoms in total. The maximum absolute atomic E-state index is 12.2. The van der Waals surface area contributed by atoms with Crippen LogP contribution in [0.2, 0.25) is 0 Å². The minimum absolute atomic E-state index is 0.0752. The number of Topliss-reactive ketones (excluding diaryl/α,β-unsaturated/α-hetero) is 1. The van der Waals surface area contributed by atoms with E-state index >= 15 is 0 Å². The maximum Gasteiger partial charge on any atom is 0.203 e. The van der Waals surface area contributed by atoms with Crippen molar-refractivity contribution in [1.82, 2.24) is 9.55 Å². The number of para-hydroxylation sites is 2. The molecular formula is C13H16N2O. The van der Waals surface area contributed by atoms with Gasteiger partial charge in [-0.2, -0.15) is 0 Å². The molecule has 0 saturated heterocycles. The zero-order valence-corrected chi connectivity index (χ0v) is 10.1. The molecular weight excluding hydrogens is 200 g/mol. The number of aromatic nitrogens is 2. The maximum atomic E-state index is 12.2. The van der Waals surface area contributed by atoms with E-state index < -0.39 is 5.41 Å². The van der Waals surface area contributed by atoms with E-state index in [0.717, 1.165) is 11.0 Å². The van der Waals surface area contributed by atoms with Gasteiger partial charge in [0.2, 0.25) is 5.78 Å². The fraction of sp³-hybridized carbons (Fsp3) is 0.385. The molecule has 84 valence electrons. The van der Waals surface area contributed by atoms with Gasteiger partial charge in [0.1, 0.15) is 0 Å². The van der Waals surface area contributed by atoms with Gasteiger partial charge in [-0.25, -0.2) is 4.98 Å². The number of rotatable bonds is 1. The van der Waals surface area contributed by atoms with Crippen LogP contribution in [-0.4, -0.2) is 15.3 Å². The normalized spacial score (nSPS) is 12.0. The topological polar surface area (TPSA) is 34.9 Å². The van der Waals surface area contributed by atoms with Crippen LogP contribution in [-0.2, 0) is 7.05 Å². The highest BCUT2D eigenvalue weighted by Gasteiger charge is 2.27. The minimum atomic E-state index is -0.394. The summed E-state index contributed by atoms with van der Waals surface area (Å²) in [7, 11) is 1.88. The number of aryl methyl sites for hydroxylation is 1. The minimum Gasteiger partial charge on any atom is -0.325 e. The molecule has 0 aliphatic rings. The van der Waals surface area contributed by atoms with Crippen LogP contribution in [0.15, 0.2) is 24.3 Å². The second-order valence-corrected chi connectivity index (χ2v) is 5.06. The Labute approximate surface area is 95.1 Å². The summed E-state index contributed by atoms with van der Waals surface area (Å²) >= 11 is 0. The Hall–Kier alpha value is -1.64. The van der Waals surface area contributed by atoms with Gasteiger partial charge in [-0.15, -0.1) is 0 Å². The van der Waals surface area contributed by atoms with E-state index in [0.29, 0.717) is 5.82 Å². The third-order valence-electron chi connectivity index (χ3n) is 2.67. The van der Waals surface area contributed by atoms with Crippen molar-refractivity contribution < 1.29 is 4.79 Å². The van der Waals surface area contributed by atoms with E-state index in [1.165, 1.54) is 0 Å². The summed E-state index contributed by atoms with van der Waals surface area (Å²) < 4.78 is 1.86. The van der Waals surface area contributed by atoms with E-state index in [2.05, 4.69) is 4.98 Å². The Morgan fingerprint density at radius 2 is 1.88 bits per heavy atom. The number of imidazole rings is 1. The number of hydrogen-bond donors (Lipinski definition) is 0. The van der Waals surface area contributed by atoms with Crippen molar-refractivity contribution in [3.8, 4) is 0 Å². The zero-order chi connectivity index (χ0) is 11.9. The summed E-state index contributed by atoms with van der Waals surface area (Å²) in [6.07, 6.45) is 0. The van der Waals surface area contributed by atoms with E-state index in [1.54, 1.807) is 0 Å². The highest BCUT2D eigenvalue weighted by molar-refractivity contribution is 5.99. The summed E-state index contributed by atoms with van der Waals surface area (Å²) in [5.41, 5.74) is 1.47. The summed E-state index contributed by atoms with van der Waals surface area (Å²) in [6, 6.07) is 7.78. The summed E-state index contributed by atoms with van der Waals surface area (Å²) in [5, 5.41) is 0. The first-order valence-electron chi connectivity index (χ1n) is 5.37. The molecule has 1 heterocycles. The summed E-state index contributed by atoms with van der Waals surface area (Å²) in [5.74, 6) is 0.611. The number of hydrogen-bond acceptors (Lipinski definition) is 2. The van der Waals surface area contributed by atoms with Crippen molar-refractivity contribution in [1.29, 1.82) is 0 Å². The number of carbonyl (C=O) groups excluding carboxylic acids is 1. The van der Waals surface area contributed by atoms with Crippen LogP contribution in [0.5, 0.6) is 0 Å². The van der Waals surface area contributed by atoms with Crippen molar-refractivity contribution >= 4 is 16.8 Å². The van der Waals surface area contributed by atoms with Crippen LogP contribution in [0, 0.1) is 5.41 Å². The van der Waals surface area contributed by atoms with E-state index in [9.17, 15) is 4.79 Å². The van der Waals surface area contributed by atoms with Crippen molar-refractivity contribution in [3.63, 3.8) is 0 Å². The molecule has 0 aliphatic carbocycles. The molecule has 2 aromatic rings. The molecule has 0 fully saturated rings. The molecule has 0 bridgehead atoms. The quantitative estimate of drug-likeness (QED) is 0.687. The smallest absolute Gasteiger partial charge is 0.203 e. The number of carbonyl (C=O) groups is 1. The van der Waals surface area contributed by atoms with Gasteiger partial charge in [0.05, 0.1) is 11.0 Å². The first-order chi connectivity index (χ1) is 7.41. The molecule has 0 spiro atoms. The first-order valence-corrected chi connectivity index (χ1v) is 5.37. The lowest BCUT2D eigenvalue weighted by Gasteiger charge is -2.15. The van der Waals surface area contributed by atoms with E-state index in [4.69, 9.17) is 0 Å². The van der Waals surface area contributed by atoms with Crippen molar-refractivity contribution in [2.75, 3.05) is 0 Å². The largest absolute Gasteiger partial charge is 0.325 e. The van der Waals surface area contributed by atoms with Crippen LogP contribution in [0.1, 0.15) is 31.4 Å². The molecule has 3 heteroatoms. The van der Waals surface area contributed by atoms with Gasteiger partial charge in [-0.3, -0.25) is 4.79 Å². The van der Waals surface area contributed by atoms with Crippen molar-refractivity contribution in [2.45, 2.75) is 20.8 Å². The standard InChI is InChI=1S/C13H16N2O/c1-13(2,3)11(16)12-14-9-7-5-6-8-10(9)15(12)4/h5-8H,1-4H3. The second kappa shape index (κ2) is 3.44. The highest BCUT2D eigenvalue weighted by Crippen LogP contribution is 2.22. The third-order valence-corrected chi connectivity index (χ3v) is 2.67. The lowest BCUT2D eigenvalue weighted by atomic mass is 9.90. The van der Waals surface area contributed by atoms with Gasteiger partial charge in [0, 0.05) is 12.5 Å². The Kier molecular flexibility index (Phi) is 2.34. The molecule has 2 rings (SSSR count). The SMILES string of the molecule is Cn1c(C(=O)C(C)(C)C)nc2ccccc21. The molecule has 0 amide bonds. The average molecular weight is 216 g/mol. The molecule has 0 unspecified atom stereocenters. The van der Waals surface area contributed by atoms with Crippen molar-refractivity contribution in [2.24, 2.45) is 12.5 Å². The van der Waals surface area contributed by atoms with Crippen LogP contribution >= 0.6 is 0 Å². The molecule has 1 aromatic carbocycles. The Balaban J connectivity index is 2.63. The molecule has 0 atom stereocenters. The molecule has 16 heavy (non-hydrogen) atoms. The first kappa shape index (κ1) is 10.9. The molecule has 0 saturated carbocycles. The number of nitrogens with zero attached hydrogens (tertiary/aromatic N) is 2. The van der Waals surface area contributed by atoms with E-state index in [-0.39, 0.29) is 5.78 Å². The van der Waals surface area contributed by atoms with Crippen LogP contribution < -0.4 is 0 Å². The van der Waals surface area contributed by atoms with Crippen molar-refractivity contribution in [3.05, 3.63) is 30.1 Å². The lowest BCUT2D eigenvalue weighted by molar-refractivity contribution is 0.0844. The molecule has 1 aromatic heterocycles. The second-order valence-electron chi connectivity index (χ2n) is 5.06. The van der Waals surface area contributed by atoms with Crippen LogP contribution in [0.3, 0.4) is 0 Å². The number of benzene rings is 1. The fourth-order valence-electron chi connectivity index (χ4n) is 1.68. The predicted octanol–water partition coefficient (Wildman–Crippen LogP) is 2.80. The van der Waals surface area contributed by atoms with E-state index in [1.807, 2.05) is 56.7 Å². The third kappa shape index (κ3) is 1.62. The van der Waals surface area contributed by atoms with Crippen LogP contribution in [0.25, 0.3) is 11.0 Å². The monoisotopic (exact) mass is 216 g/mol. The van der Waals surface area contributed by atoms with Gasteiger partial charge >= 0.3 is 0 Å². The Morgan fingerprint density at radius 1 is 1.25 bits per heavy atom. The zero-order valence-electron chi connectivity index (χ0n) is 10.1. The van der Waals surface area contributed by atoms with Crippen LogP contribution in [0.4, 0.5) is 0 Å². The Morgan fingerprint density at radius 3 is 2.44 bits per heavy atom. The van der Waals surface area contributed by atoms with Gasteiger partial charge in [-0.1, -0.05) is 32.9 Å². The molecule has 0 N–H and O–H groups in total. The summed E-state index contributed by atoms with van der Waals surface area (Å²) in [6.45, 7) is 5.73. The van der Waals surface area contributed by atoms with Gasteiger partial charge in [0.15, 0.2) is 5.82 Å². The highest BCUT2D eigenvalue weighted by atomic mass is 16.1. The molecule has 0 aliphatic heterocycles. The number of fused-ring (bicyclic) bond motifs is 1. The Bertz CT molecular complexity index is 547. The predicted molar refractivity (Wildman–Crippen MR) is 64.5 cm³/mol. The van der Waals surface area contributed by atoms with Gasteiger partial charge in [-0.05, 0) is 12.1 Å². The number of ketones is 1.